The van der Waals surface area contributed by atoms with Crippen LogP contribution in [0.5, 0.6) is 11.5 Å². The molecule has 2 amide bonds. The molecule has 1 fully saturated rings. The summed E-state index contributed by atoms with van der Waals surface area (Å²) in [6.45, 7) is 11.6. The lowest BCUT2D eigenvalue weighted by atomic mass is 10.0. The van der Waals surface area contributed by atoms with Gasteiger partial charge in [0.1, 0.15) is 5.60 Å². The third kappa shape index (κ3) is 6.07. The Labute approximate surface area is 222 Å². The van der Waals surface area contributed by atoms with E-state index < -0.39 is 5.60 Å². The molecule has 38 heavy (non-hydrogen) atoms. The van der Waals surface area contributed by atoms with Crippen LogP contribution < -0.4 is 9.47 Å². The molecule has 0 atom stereocenters. The van der Waals surface area contributed by atoms with E-state index in [2.05, 4.69) is 10.1 Å². The van der Waals surface area contributed by atoms with E-state index in [9.17, 15) is 9.59 Å². The van der Waals surface area contributed by atoms with Gasteiger partial charge in [-0.25, -0.2) is 4.79 Å². The average Bonchev–Trinajstić information content (AvgIpc) is 3.37. The van der Waals surface area contributed by atoms with Crippen molar-refractivity contribution in [2.75, 3.05) is 39.9 Å². The van der Waals surface area contributed by atoms with E-state index in [0.29, 0.717) is 67.1 Å². The number of carbonyl (C=O) groups excluding carboxylic acids is 2. The van der Waals surface area contributed by atoms with E-state index in [-0.39, 0.29) is 12.0 Å². The fourth-order valence-electron chi connectivity index (χ4n) is 4.17. The third-order valence-corrected chi connectivity index (χ3v) is 6.07. The minimum absolute atomic E-state index is 0.0845. The summed E-state index contributed by atoms with van der Waals surface area (Å²) >= 11 is 0. The van der Waals surface area contributed by atoms with Crippen LogP contribution in [0.3, 0.4) is 0 Å². The van der Waals surface area contributed by atoms with Gasteiger partial charge in [-0.2, -0.15) is 4.98 Å². The summed E-state index contributed by atoms with van der Waals surface area (Å²) in [6, 6.07) is 10.9. The number of aryl methyl sites for hydroxylation is 1. The lowest BCUT2D eigenvalue weighted by Gasteiger charge is -2.35. The first kappa shape index (κ1) is 27.0. The molecule has 10 nitrogen and oxygen atoms in total. The van der Waals surface area contributed by atoms with Crippen molar-refractivity contribution in [3.05, 3.63) is 47.5 Å². The molecule has 0 unspecified atom stereocenters. The minimum Gasteiger partial charge on any atom is -0.493 e. The van der Waals surface area contributed by atoms with Gasteiger partial charge in [0.15, 0.2) is 11.5 Å². The van der Waals surface area contributed by atoms with Gasteiger partial charge in [-0.3, -0.25) is 4.79 Å². The number of hydrogen-bond donors (Lipinski definition) is 0. The number of rotatable bonds is 6. The summed E-state index contributed by atoms with van der Waals surface area (Å²) in [6.07, 6.45) is -0.354. The van der Waals surface area contributed by atoms with Gasteiger partial charge < -0.3 is 28.5 Å². The molecule has 10 heteroatoms. The van der Waals surface area contributed by atoms with Crippen LogP contribution in [0.25, 0.3) is 22.8 Å². The second-order valence-electron chi connectivity index (χ2n) is 10.0. The molecular weight excluding hydrogens is 488 g/mol. The van der Waals surface area contributed by atoms with Crippen molar-refractivity contribution in [2.45, 2.75) is 40.2 Å². The molecule has 202 valence electrons. The smallest absolute Gasteiger partial charge is 0.410 e. The van der Waals surface area contributed by atoms with Gasteiger partial charge in [0.25, 0.3) is 11.8 Å². The molecule has 0 bridgehead atoms. The molecule has 0 spiro atoms. The zero-order valence-electron chi connectivity index (χ0n) is 22.7. The molecule has 0 N–H and O–H groups in total. The van der Waals surface area contributed by atoms with Gasteiger partial charge in [0, 0.05) is 42.9 Å². The minimum atomic E-state index is -0.552. The number of benzene rings is 2. The molecule has 1 aliphatic rings. The molecule has 1 aromatic heterocycles. The topological polar surface area (TPSA) is 107 Å². The number of hydrogen-bond acceptors (Lipinski definition) is 8. The first-order chi connectivity index (χ1) is 18.1. The van der Waals surface area contributed by atoms with Gasteiger partial charge in [0.05, 0.1) is 13.7 Å². The Kier molecular flexibility index (Phi) is 7.89. The van der Waals surface area contributed by atoms with Crippen LogP contribution in [0, 0.1) is 6.92 Å². The second kappa shape index (κ2) is 11.1. The van der Waals surface area contributed by atoms with Crippen LogP contribution in [0.2, 0.25) is 0 Å². The summed E-state index contributed by atoms with van der Waals surface area (Å²) in [4.78, 5) is 33.4. The highest BCUT2D eigenvalue weighted by molar-refractivity contribution is 5.95. The Balaban J connectivity index is 1.44. The fourth-order valence-corrected chi connectivity index (χ4v) is 4.17. The van der Waals surface area contributed by atoms with Crippen LogP contribution in [0.1, 0.15) is 43.6 Å². The Morgan fingerprint density at radius 3 is 2.34 bits per heavy atom. The van der Waals surface area contributed by atoms with Crippen molar-refractivity contribution >= 4 is 12.0 Å². The Bertz CT molecular complexity index is 1300. The molecule has 1 saturated heterocycles. The molecule has 3 aromatic rings. The van der Waals surface area contributed by atoms with Crippen molar-refractivity contribution < 1.29 is 28.3 Å². The summed E-state index contributed by atoms with van der Waals surface area (Å²) in [5, 5.41) is 4.15. The Morgan fingerprint density at radius 1 is 1.00 bits per heavy atom. The molecule has 0 radical (unpaired) electrons. The van der Waals surface area contributed by atoms with Gasteiger partial charge >= 0.3 is 6.09 Å². The van der Waals surface area contributed by atoms with E-state index in [1.54, 1.807) is 35.1 Å². The predicted octanol–water partition coefficient (Wildman–Crippen LogP) is 4.81. The van der Waals surface area contributed by atoms with E-state index >= 15 is 0 Å². The summed E-state index contributed by atoms with van der Waals surface area (Å²) in [5.74, 6) is 1.91. The van der Waals surface area contributed by atoms with Gasteiger partial charge in [-0.15, -0.1) is 0 Å². The Morgan fingerprint density at radius 2 is 1.71 bits per heavy atom. The number of aromatic nitrogens is 2. The van der Waals surface area contributed by atoms with E-state index in [0.717, 1.165) is 11.1 Å². The van der Waals surface area contributed by atoms with Crippen molar-refractivity contribution in [1.29, 1.82) is 0 Å². The number of amides is 2. The zero-order chi connectivity index (χ0) is 27.4. The maximum absolute atomic E-state index is 13.1. The Hall–Kier alpha value is -4.08. The van der Waals surface area contributed by atoms with Crippen LogP contribution in [0.4, 0.5) is 4.79 Å². The largest absolute Gasteiger partial charge is 0.493 e. The van der Waals surface area contributed by atoms with Gasteiger partial charge in [0.2, 0.25) is 5.82 Å². The quantitative estimate of drug-likeness (QED) is 0.454. The second-order valence-corrected chi connectivity index (χ2v) is 10.0. The first-order valence-electron chi connectivity index (χ1n) is 12.6. The molecule has 0 aliphatic carbocycles. The zero-order valence-corrected chi connectivity index (χ0v) is 22.7. The number of nitrogens with zero attached hydrogens (tertiary/aromatic N) is 4. The maximum atomic E-state index is 13.1. The molecule has 1 aliphatic heterocycles. The molecule has 2 aromatic carbocycles. The number of piperazine rings is 1. The first-order valence-corrected chi connectivity index (χ1v) is 12.6. The molecule has 0 saturated carbocycles. The van der Waals surface area contributed by atoms with Crippen molar-refractivity contribution in [3.63, 3.8) is 0 Å². The van der Waals surface area contributed by atoms with Crippen molar-refractivity contribution in [2.24, 2.45) is 0 Å². The monoisotopic (exact) mass is 522 g/mol. The van der Waals surface area contributed by atoms with E-state index in [1.165, 1.54) is 0 Å². The van der Waals surface area contributed by atoms with Crippen LogP contribution in [-0.4, -0.2) is 77.4 Å². The SMILES string of the molecule is CCOc1ccc(-c2nc(-c3ccc(C(=O)N4CCN(C(=O)OC(C)(C)C)CC4)cc3C)no2)cc1OC. The van der Waals surface area contributed by atoms with E-state index in [1.807, 2.05) is 52.8 Å². The van der Waals surface area contributed by atoms with Crippen LogP contribution in [-0.2, 0) is 4.74 Å². The average molecular weight is 523 g/mol. The number of carbonyl (C=O) groups is 2. The lowest BCUT2D eigenvalue weighted by molar-refractivity contribution is 0.0141. The summed E-state index contributed by atoms with van der Waals surface area (Å²) in [7, 11) is 1.58. The highest BCUT2D eigenvalue weighted by Gasteiger charge is 2.28. The highest BCUT2D eigenvalue weighted by atomic mass is 16.6. The van der Waals surface area contributed by atoms with Gasteiger partial charge in [-0.1, -0.05) is 11.2 Å². The molecular formula is C28H34N4O6. The fraction of sp³-hybridized carbons (Fsp3) is 0.429. The van der Waals surface area contributed by atoms with Crippen LogP contribution in [0.15, 0.2) is 40.9 Å². The van der Waals surface area contributed by atoms with Gasteiger partial charge in [-0.05, 0) is 70.5 Å². The van der Waals surface area contributed by atoms with Crippen molar-refractivity contribution in [1.82, 2.24) is 19.9 Å². The van der Waals surface area contributed by atoms with Crippen molar-refractivity contribution in [3.8, 4) is 34.3 Å². The third-order valence-electron chi connectivity index (χ3n) is 6.07. The standard InChI is InChI=1S/C28H34N4O6/c1-7-36-22-11-9-19(17-23(22)35-6)25-29-24(30-38-25)21-10-8-20(16-18(21)2)26(33)31-12-14-32(15-13-31)27(34)37-28(3,4)5/h8-11,16-17H,7,12-15H2,1-6H3. The molecule has 2 heterocycles. The predicted molar refractivity (Wildman–Crippen MR) is 141 cm³/mol. The summed E-state index contributed by atoms with van der Waals surface area (Å²) < 4.78 is 21.9. The number of ether oxygens (including phenoxy) is 3. The maximum Gasteiger partial charge on any atom is 0.410 e. The van der Waals surface area contributed by atoms with Crippen LogP contribution >= 0.6 is 0 Å². The highest BCUT2D eigenvalue weighted by Crippen LogP contribution is 2.33. The van der Waals surface area contributed by atoms with E-state index in [4.69, 9.17) is 18.7 Å². The number of methoxy groups -OCH3 is 1. The summed E-state index contributed by atoms with van der Waals surface area (Å²) in [5.41, 5.74) is 2.34. The lowest BCUT2D eigenvalue weighted by Crippen LogP contribution is -2.51. The molecule has 4 rings (SSSR count). The normalized spacial score (nSPS) is 13.8.